The van der Waals surface area contributed by atoms with Crippen LogP contribution in [0.25, 0.3) is 0 Å². The summed E-state index contributed by atoms with van der Waals surface area (Å²) in [5, 5.41) is 7.67. The lowest BCUT2D eigenvalue weighted by molar-refractivity contribution is -0.117. The molecule has 7 nitrogen and oxygen atoms in total. The van der Waals surface area contributed by atoms with E-state index in [1.54, 1.807) is 16.8 Å². The number of amides is 2. The summed E-state index contributed by atoms with van der Waals surface area (Å²) in [6, 6.07) is 7.16. The number of anilines is 1. The second-order valence-electron chi connectivity index (χ2n) is 6.77. The van der Waals surface area contributed by atoms with Gasteiger partial charge in [0.1, 0.15) is 0 Å². The summed E-state index contributed by atoms with van der Waals surface area (Å²) in [6.45, 7) is 6.52. The van der Waals surface area contributed by atoms with Gasteiger partial charge in [0, 0.05) is 38.9 Å². The van der Waals surface area contributed by atoms with Gasteiger partial charge >= 0.3 is 0 Å². The molecule has 2 amide bonds. The Kier molecular flexibility index (Phi) is 5.82. The van der Waals surface area contributed by atoms with E-state index in [1.165, 1.54) is 0 Å². The van der Waals surface area contributed by atoms with Crippen molar-refractivity contribution in [1.29, 1.82) is 0 Å². The van der Waals surface area contributed by atoms with E-state index in [1.807, 2.05) is 42.8 Å². The maximum absolute atomic E-state index is 12.8. The quantitative estimate of drug-likeness (QED) is 0.869. The van der Waals surface area contributed by atoms with Gasteiger partial charge in [-0.15, -0.1) is 0 Å². The Morgan fingerprint density at radius 3 is 2.41 bits per heavy atom. The minimum absolute atomic E-state index is 0.0123. The van der Waals surface area contributed by atoms with Crippen molar-refractivity contribution in [3.05, 3.63) is 46.2 Å². The molecule has 0 unspecified atom stereocenters. The molecule has 0 spiro atoms. The third-order valence-electron chi connectivity index (χ3n) is 4.90. The zero-order valence-corrected chi connectivity index (χ0v) is 16.6. The number of rotatable bonds is 4. The number of piperazine rings is 1. The lowest BCUT2D eigenvalue weighted by Gasteiger charge is -2.34. The van der Waals surface area contributed by atoms with Gasteiger partial charge in [0.2, 0.25) is 5.91 Å². The summed E-state index contributed by atoms with van der Waals surface area (Å²) < 4.78 is 1.73. The predicted molar refractivity (Wildman–Crippen MR) is 105 cm³/mol. The molecule has 0 radical (unpaired) electrons. The van der Waals surface area contributed by atoms with Crippen LogP contribution in [0.1, 0.15) is 21.7 Å². The first-order valence-electron chi connectivity index (χ1n) is 8.93. The number of nitrogens with zero attached hydrogens (tertiary/aromatic N) is 4. The van der Waals surface area contributed by atoms with E-state index in [0.29, 0.717) is 42.5 Å². The highest BCUT2D eigenvalue weighted by atomic mass is 35.5. The molecule has 2 aromatic rings. The SMILES string of the molecule is Cc1nn(C)c(C)c1C(=O)N1CCN(CC(=O)Nc2ccccc2Cl)CC1. The Balaban J connectivity index is 1.53. The number of nitrogens with one attached hydrogen (secondary N) is 1. The first-order valence-corrected chi connectivity index (χ1v) is 9.31. The summed E-state index contributed by atoms with van der Waals surface area (Å²) in [5.74, 6) is -0.0971. The number of hydrogen-bond acceptors (Lipinski definition) is 4. The summed E-state index contributed by atoms with van der Waals surface area (Å²) >= 11 is 6.07. The molecule has 3 rings (SSSR count). The van der Waals surface area contributed by atoms with Crippen LogP contribution in [0.15, 0.2) is 24.3 Å². The van der Waals surface area contributed by atoms with E-state index in [0.717, 1.165) is 11.4 Å². The van der Waals surface area contributed by atoms with Gasteiger partial charge < -0.3 is 10.2 Å². The Morgan fingerprint density at radius 1 is 1.15 bits per heavy atom. The van der Waals surface area contributed by atoms with Gasteiger partial charge in [-0.1, -0.05) is 23.7 Å². The van der Waals surface area contributed by atoms with E-state index in [9.17, 15) is 9.59 Å². The fourth-order valence-corrected chi connectivity index (χ4v) is 3.49. The molecule has 1 saturated heterocycles. The highest BCUT2D eigenvalue weighted by molar-refractivity contribution is 6.33. The maximum atomic E-state index is 12.8. The van der Waals surface area contributed by atoms with Gasteiger partial charge in [0.15, 0.2) is 0 Å². The van der Waals surface area contributed by atoms with Crippen LogP contribution >= 0.6 is 11.6 Å². The molecule has 1 aromatic carbocycles. The highest BCUT2D eigenvalue weighted by Crippen LogP contribution is 2.20. The second kappa shape index (κ2) is 8.10. The number of hydrogen-bond donors (Lipinski definition) is 1. The normalized spacial score (nSPS) is 15.0. The molecule has 0 saturated carbocycles. The molecule has 0 atom stereocenters. The van der Waals surface area contributed by atoms with E-state index in [2.05, 4.69) is 10.4 Å². The van der Waals surface area contributed by atoms with Crippen LogP contribution in [0.2, 0.25) is 5.02 Å². The van der Waals surface area contributed by atoms with Crippen LogP contribution in [0.4, 0.5) is 5.69 Å². The molecule has 0 bridgehead atoms. The van der Waals surface area contributed by atoms with Gasteiger partial charge in [-0.25, -0.2) is 0 Å². The molecule has 1 N–H and O–H groups in total. The van der Waals surface area contributed by atoms with Crippen LogP contribution in [0.3, 0.4) is 0 Å². The van der Waals surface area contributed by atoms with Crippen LogP contribution in [-0.4, -0.2) is 64.1 Å². The van der Waals surface area contributed by atoms with E-state index >= 15 is 0 Å². The average Bonchev–Trinajstić information content (AvgIpc) is 2.89. The monoisotopic (exact) mass is 389 g/mol. The average molecular weight is 390 g/mol. The summed E-state index contributed by atoms with van der Waals surface area (Å²) in [6.07, 6.45) is 0. The Morgan fingerprint density at radius 2 is 1.81 bits per heavy atom. The van der Waals surface area contributed by atoms with Crippen molar-refractivity contribution in [2.24, 2.45) is 7.05 Å². The lowest BCUT2D eigenvalue weighted by atomic mass is 10.1. The zero-order chi connectivity index (χ0) is 19.6. The Bertz CT molecular complexity index is 856. The molecule has 0 aliphatic carbocycles. The van der Waals surface area contributed by atoms with Crippen molar-refractivity contribution < 1.29 is 9.59 Å². The molecule has 8 heteroatoms. The van der Waals surface area contributed by atoms with Crippen molar-refractivity contribution in [2.75, 3.05) is 38.0 Å². The maximum Gasteiger partial charge on any atom is 0.257 e. The van der Waals surface area contributed by atoms with Crippen LogP contribution < -0.4 is 5.32 Å². The first-order chi connectivity index (χ1) is 12.9. The number of aryl methyl sites for hydroxylation is 2. The Hall–Kier alpha value is -2.38. The summed E-state index contributed by atoms with van der Waals surface area (Å²) in [7, 11) is 1.84. The molecule has 2 heterocycles. The molecule has 1 aliphatic heterocycles. The van der Waals surface area contributed by atoms with Crippen molar-refractivity contribution in [2.45, 2.75) is 13.8 Å². The van der Waals surface area contributed by atoms with Crippen LogP contribution in [0.5, 0.6) is 0 Å². The van der Waals surface area contributed by atoms with E-state index in [4.69, 9.17) is 11.6 Å². The largest absolute Gasteiger partial charge is 0.336 e. The minimum atomic E-state index is -0.109. The second-order valence-corrected chi connectivity index (χ2v) is 7.17. The van der Waals surface area contributed by atoms with E-state index in [-0.39, 0.29) is 18.4 Å². The highest BCUT2D eigenvalue weighted by Gasteiger charge is 2.27. The number of halogens is 1. The van der Waals surface area contributed by atoms with Crippen molar-refractivity contribution in [1.82, 2.24) is 19.6 Å². The van der Waals surface area contributed by atoms with Gasteiger partial charge in [-0.05, 0) is 26.0 Å². The first kappa shape index (κ1) is 19.4. The standard InChI is InChI=1S/C19H24ClN5O2/c1-13-18(14(2)23(3)22-13)19(27)25-10-8-24(9-11-25)12-17(26)21-16-7-5-4-6-15(16)20/h4-7H,8-12H2,1-3H3,(H,21,26). The number of benzene rings is 1. The van der Waals surface area contributed by atoms with Gasteiger partial charge in [0.25, 0.3) is 5.91 Å². The van der Waals surface area contributed by atoms with E-state index < -0.39 is 0 Å². The fraction of sp³-hybridized carbons (Fsp3) is 0.421. The molecule has 144 valence electrons. The molecule has 27 heavy (non-hydrogen) atoms. The Labute approximate surface area is 163 Å². The molecule has 1 fully saturated rings. The van der Waals surface area contributed by atoms with Crippen molar-refractivity contribution in [3.8, 4) is 0 Å². The van der Waals surface area contributed by atoms with Crippen LogP contribution in [-0.2, 0) is 11.8 Å². The molecular weight excluding hydrogens is 366 g/mol. The number of carbonyl (C=O) groups excluding carboxylic acids is 2. The van der Waals surface area contributed by atoms with Crippen LogP contribution in [0, 0.1) is 13.8 Å². The fourth-order valence-electron chi connectivity index (χ4n) is 3.31. The zero-order valence-electron chi connectivity index (χ0n) is 15.8. The van der Waals surface area contributed by atoms with Gasteiger partial charge in [-0.2, -0.15) is 5.10 Å². The number of aromatic nitrogens is 2. The smallest absolute Gasteiger partial charge is 0.257 e. The lowest BCUT2D eigenvalue weighted by Crippen LogP contribution is -2.50. The summed E-state index contributed by atoms with van der Waals surface area (Å²) in [4.78, 5) is 29.0. The number of carbonyl (C=O) groups is 2. The molecule has 1 aliphatic rings. The van der Waals surface area contributed by atoms with Crippen molar-refractivity contribution in [3.63, 3.8) is 0 Å². The number of para-hydroxylation sites is 1. The molecular formula is C19H24ClN5O2. The topological polar surface area (TPSA) is 70.5 Å². The molecule has 1 aromatic heterocycles. The van der Waals surface area contributed by atoms with Gasteiger partial charge in [-0.3, -0.25) is 19.2 Å². The summed E-state index contributed by atoms with van der Waals surface area (Å²) in [5.41, 5.74) is 2.92. The van der Waals surface area contributed by atoms with Crippen molar-refractivity contribution >= 4 is 29.1 Å². The third kappa shape index (κ3) is 4.31. The third-order valence-corrected chi connectivity index (χ3v) is 5.23. The predicted octanol–water partition coefficient (Wildman–Crippen LogP) is 2.09. The minimum Gasteiger partial charge on any atom is -0.336 e. The van der Waals surface area contributed by atoms with Gasteiger partial charge in [0.05, 0.1) is 28.5 Å².